The molecule has 1 rings (SSSR count). The van der Waals surface area contributed by atoms with Crippen LogP contribution in [0.4, 0.5) is 0 Å². The van der Waals surface area contributed by atoms with Gasteiger partial charge < -0.3 is 10.1 Å². The van der Waals surface area contributed by atoms with Gasteiger partial charge in [-0.3, -0.25) is 4.79 Å². The fourth-order valence-corrected chi connectivity index (χ4v) is 1.33. The van der Waals surface area contributed by atoms with Crippen LogP contribution in [0.3, 0.4) is 0 Å². The Kier molecular flexibility index (Phi) is 4.29. The minimum atomic E-state index is 0.0974. The van der Waals surface area contributed by atoms with Crippen molar-refractivity contribution in [2.45, 2.75) is 6.61 Å². The molecular formula is C11H15NO2. The van der Waals surface area contributed by atoms with Crippen molar-refractivity contribution in [3.8, 4) is 0 Å². The van der Waals surface area contributed by atoms with E-state index in [1.54, 1.807) is 14.2 Å². The monoisotopic (exact) mass is 193 g/mol. The molecule has 0 unspecified atom stereocenters. The zero-order valence-corrected chi connectivity index (χ0v) is 8.54. The van der Waals surface area contributed by atoms with E-state index in [4.69, 9.17) is 4.74 Å². The number of rotatable bonds is 5. The second-order valence-electron chi connectivity index (χ2n) is 3.04. The summed E-state index contributed by atoms with van der Waals surface area (Å²) < 4.78 is 5.02. The fourth-order valence-electron chi connectivity index (χ4n) is 1.33. The predicted octanol–water partition coefficient (Wildman–Crippen LogP) is 1.24. The maximum Gasteiger partial charge on any atom is 0.176 e. The number of carbonyl (C=O) groups excluding carboxylic acids is 1. The molecule has 14 heavy (non-hydrogen) atoms. The van der Waals surface area contributed by atoms with Crippen LogP contribution in [0.1, 0.15) is 15.9 Å². The highest BCUT2D eigenvalue weighted by atomic mass is 16.5. The molecule has 0 radical (unpaired) electrons. The molecule has 3 heteroatoms. The Labute approximate surface area is 84.1 Å². The first-order valence-electron chi connectivity index (χ1n) is 4.54. The first-order valence-corrected chi connectivity index (χ1v) is 4.54. The smallest absolute Gasteiger partial charge is 0.176 e. The van der Waals surface area contributed by atoms with Crippen molar-refractivity contribution in [1.82, 2.24) is 5.32 Å². The molecule has 1 aromatic carbocycles. The highest BCUT2D eigenvalue weighted by molar-refractivity contribution is 5.98. The molecule has 1 N–H and O–H groups in total. The van der Waals surface area contributed by atoms with Gasteiger partial charge in [-0.15, -0.1) is 0 Å². The van der Waals surface area contributed by atoms with Gasteiger partial charge in [-0.05, 0) is 12.6 Å². The van der Waals surface area contributed by atoms with Gasteiger partial charge in [0, 0.05) is 12.7 Å². The molecule has 0 aliphatic rings. The molecular weight excluding hydrogens is 178 g/mol. The lowest BCUT2D eigenvalue weighted by Crippen LogP contribution is -2.19. The average molecular weight is 193 g/mol. The number of benzene rings is 1. The first-order chi connectivity index (χ1) is 6.79. The Morgan fingerprint density at radius 2 is 2.14 bits per heavy atom. The molecule has 0 bridgehead atoms. The van der Waals surface area contributed by atoms with Gasteiger partial charge in [-0.25, -0.2) is 0 Å². The number of hydrogen-bond donors (Lipinski definition) is 1. The number of Topliss-reactive ketones (excluding diaryl/α,β-unsaturated/α-hetero) is 1. The van der Waals surface area contributed by atoms with E-state index in [0.29, 0.717) is 13.2 Å². The van der Waals surface area contributed by atoms with Crippen LogP contribution in [0.2, 0.25) is 0 Å². The van der Waals surface area contributed by atoms with Crippen LogP contribution in [-0.2, 0) is 11.3 Å². The zero-order valence-electron chi connectivity index (χ0n) is 8.54. The average Bonchev–Trinajstić information content (AvgIpc) is 2.19. The van der Waals surface area contributed by atoms with E-state index < -0.39 is 0 Å². The van der Waals surface area contributed by atoms with Gasteiger partial charge in [0.1, 0.15) is 0 Å². The third-order valence-electron chi connectivity index (χ3n) is 1.95. The van der Waals surface area contributed by atoms with Crippen LogP contribution < -0.4 is 5.32 Å². The summed E-state index contributed by atoms with van der Waals surface area (Å²) in [6, 6.07) is 7.51. The second-order valence-corrected chi connectivity index (χ2v) is 3.04. The fraction of sp³-hybridized carbons (Fsp3) is 0.364. The Morgan fingerprint density at radius 1 is 1.43 bits per heavy atom. The van der Waals surface area contributed by atoms with E-state index >= 15 is 0 Å². The van der Waals surface area contributed by atoms with Crippen molar-refractivity contribution in [3.63, 3.8) is 0 Å². The number of nitrogens with one attached hydrogen (secondary N) is 1. The maximum absolute atomic E-state index is 11.6. The van der Waals surface area contributed by atoms with E-state index in [0.717, 1.165) is 11.1 Å². The Hall–Kier alpha value is -1.19. The summed E-state index contributed by atoms with van der Waals surface area (Å²) in [5.74, 6) is 0.0974. The van der Waals surface area contributed by atoms with Crippen molar-refractivity contribution in [3.05, 3.63) is 35.4 Å². The lowest BCUT2D eigenvalue weighted by molar-refractivity contribution is 0.0988. The quantitative estimate of drug-likeness (QED) is 0.715. The summed E-state index contributed by atoms with van der Waals surface area (Å²) >= 11 is 0. The van der Waals surface area contributed by atoms with Gasteiger partial charge in [0.25, 0.3) is 0 Å². The van der Waals surface area contributed by atoms with Crippen molar-refractivity contribution < 1.29 is 9.53 Å². The second kappa shape index (κ2) is 5.52. The molecule has 0 aliphatic carbocycles. The third-order valence-corrected chi connectivity index (χ3v) is 1.95. The zero-order chi connectivity index (χ0) is 10.4. The van der Waals surface area contributed by atoms with E-state index in [-0.39, 0.29) is 5.78 Å². The van der Waals surface area contributed by atoms with Gasteiger partial charge in [0.2, 0.25) is 0 Å². The van der Waals surface area contributed by atoms with Crippen molar-refractivity contribution >= 4 is 5.78 Å². The van der Waals surface area contributed by atoms with Crippen LogP contribution in [0.25, 0.3) is 0 Å². The molecule has 0 heterocycles. The molecule has 76 valence electrons. The van der Waals surface area contributed by atoms with E-state index in [2.05, 4.69) is 5.32 Å². The van der Waals surface area contributed by atoms with Gasteiger partial charge in [0.05, 0.1) is 13.2 Å². The molecule has 0 saturated carbocycles. The maximum atomic E-state index is 11.6. The standard InChI is InChI=1S/C11H15NO2/c1-12-7-11(13)10-6-4-3-5-9(10)8-14-2/h3-6,12H,7-8H2,1-2H3. The van der Waals surface area contributed by atoms with Crippen LogP contribution in [0, 0.1) is 0 Å². The SMILES string of the molecule is CNCC(=O)c1ccccc1COC. The van der Waals surface area contributed by atoms with E-state index in [1.807, 2.05) is 24.3 Å². The van der Waals surface area contributed by atoms with E-state index in [9.17, 15) is 4.79 Å². The number of ether oxygens (including phenoxy) is 1. The van der Waals surface area contributed by atoms with E-state index in [1.165, 1.54) is 0 Å². The molecule has 0 amide bonds. The Morgan fingerprint density at radius 3 is 2.79 bits per heavy atom. The highest BCUT2D eigenvalue weighted by Crippen LogP contribution is 2.10. The van der Waals surface area contributed by atoms with Crippen LogP contribution in [-0.4, -0.2) is 26.5 Å². The Balaban J connectivity index is 2.88. The summed E-state index contributed by atoms with van der Waals surface area (Å²) in [6.45, 7) is 0.840. The molecule has 0 spiro atoms. The number of likely N-dealkylation sites (N-methyl/N-ethyl adjacent to an activating group) is 1. The molecule has 0 atom stereocenters. The minimum absolute atomic E-state index is 0.0974. The molecule has 3 nitrogen and oxygen atoms in total. The Bertz CT molecular complexity index is 310. The normalized spacial score (nSPS) is 10.1. The molecule has 1 aromatic rings. The summed E-state index contributed by atoms with van der Waals surface area (Å²) in [5, 5.41) is 2.84. The van der Waals surface area contributed by atoms with Crippen molar-refractivity contribution in [2.24, 2.45) is 0 Å². The van der Waals surface area contributed by atoms with Crippen LogP contribution in [0.15, 0.2) is 24.3 Å². The lowest BCUT2D eigenvalue weighted by Gasteiger charge is -2.06. The van der Waals surface area contributed by atoms with Crippen molar-refractivity contribution in [2.75, 3.05) is 20.7 Å². The number of carbonyl (C=O) groups is 1. The molecule has 0 aromatic heterocycles. The largest absolute Gasteiger partial charge is 0.380 e. The van der Waals surface area contributed by atoms with Gasteiger partial charge >= 0.3 is 0 Å². The van der Waals surface area contributed by atoms with Gasteiger partial charge in [-0.1, -0.05) is 24.3 Å². The van der Waals surface area contributed by atoms with Gasteiger partial charge in [-0.2, -0.15) is 0 Å². The molecule has 0 aliphatic heterocycles. The summed E-state index contributed by atoms with van der Waals surface area (Å²) in [5.41, 5.74) is 1.68. The minimum Gasteiger partial charge on any atom is -0.380 e. The number of methoxy groups -OCH3 is 1. The number of ketones is 1. The topological polar surface area (TPSA) is 38.3 Å². The molecule has 0 saturated heterocycles. The summed E-state index contributed by atoms with van der Waals surface area (Å²) in [7, 11) is 3.39. The lowest BCUT2D eigenvalue weighted by atomic mass is 10.0. The molecule has 0 fully saturated rings. The van der Waals surface area contributed by atoms with Crippen LogP contribution in [0.5, 0.6) is 0 Å². The summed E-state index contributed by atoms with van der Waals surface area (Å²) in [6.07, 6.45) is 0. The predicted molar refractivity (Wildman–Crippen MR) is 55.4 cm³/mol. The van der Waals surface area contributed by atoms with Crippen LogP contribution >= 0.6 is 0 Å². The summed E-state index contributed by atoms with van der Waals surface area (Å²) in [4.78, 5) is 11.6. The third kappa shape index (κ3) is 2.65. The van der Waals surface area contributed by atoms with Crippen molar-refractivity contribution in [1.29, 1.82) is 0 Å². The van der Waals surface area contributed by atoms with Gasteiger partial charge in [0.15, 0.2) is 5.78 Å². The highest BCUT2D eigenvalue weighted by Gasteiger charge is 2.08. The first kappa shape index (κ1) is 10.9. The number of hydrogen-bond acceptors (Lipinski definition) is 3.